The molecule has 1 aromatic carbocycles. The lowest BCUT2D eigenvalue weighted by Gasteiger charge is -2.13. The Morgan fingerprint density at radius 2 is 1.92 bits per heavy atom. The first-order chi connectivity index (χ1) is 17.9. The standard InChI is InChI=1S/C26H26BrN7O3/c1-15-31-24(33-37-15)17-6-7-19(20(10-17)16-4-5-16)25-29-12-18(13-30-25)26(35)32-23-11-22(21(27)14-28-23)36-9-8-34(2)3/h6-7,10-14,16H,4-5,8-9H2,1-3H3,(H,28,32,35). The molecule has 1 amide bonds. The number of nitrogens with one attached hydrogen (secondary N) is 1. The fourth-order valence-electron chi connectivity index (χ4n) is 3.76. The van der Waals surface area contributed by atoms with Gasteiger partial charge in [-0.05, 0) is 60.4 Å². The molecule has 0 unspecified atom stereocenters. The summed E-state index contributed by atoms with van der Waals surface area (Å²) < 4.78 is 11.6. The summed E-state index contributed by atoms with van der Waals surface area (Å²) in [6, 6.07) is 7.68. The molecule has 1 fully saturated rings. The van der Waals surface area contributed by atoms with Crippen molar-refractivity contribution in [3.63, 3.8) is 0 Å². The first-order valence-electron chi connectivity index (χ1n) is 11.9. The predicted octanol–water partition coefficient (Wildman–Crippen LogP) is 4.73. The molecule has 37 heavy (non-hydrogen) atoms. The topological polar surface area (TPSA) is 119 Å². The van der Waals surface area contributed by atoms with Crippen LogP contribution in [0, 0.1) is 6.92 Å². The van der Waals surface area contributed by atoms with Crippen molar-refractivity contribution in [2.24, 2.45) is 0 Å². The molecule has 0 aliphatic heterocycles. The molecule has 1 saturated carbocycles. The van der Waals surface area contributed by atoms with Gasteiger partial charge in [0.25, 0.3) is 5.91 Å². The molecule has 11 heteroatoms. The molecule has 10 nitrogen and oxygen atoms in total. The van der Waals surface area contributed by atoms with Crippen LogP contribution in [0.1, 0.15) is 40.6 Å². The maximum Gasteiger partial charge on any atom is 0.259 e. The Bertz CT molecular complexity index is 1420. The number of ether oxygens (including phenoxy) is 1. The van der Waals surface area contributed by atoms with Gasteiger partial charge in [-0.3, -0.25) is 4.79 Å². The van der Waals surface area contributed by atoms with Gasteiger partial charge in [-0.25, -0.2) is 15.0 Å². The molecule has 0 bridgehead atoms. The predicted molar refractivity (Wildman–Crippen MR) is 141 cm³/mol. The second-order valence-electron chi connectivity index (χ2n) is 9.11. The van der Waals surface area contributed by atoms with E-state index in [2.05, 4.69) is 52.4 Å². The number of hydrogen-bond donors (Lipinski definition) is 1. The van der Waals surface area contributed by atoms with Gasteiger partial charge in [0.15, 0.2) is 5.82 Å². The van der Waals surface area contributed by atoms with Crippen LogP contribution < -0.4 is 10.1 Å². The SMILES string of the molecule is Cc1nc(-c2ccc(-c3ncc(C(=O)Nc4cc(OCCN(C)C)c(Br)cn4)cn3)c(C3CC3)c2)no1. The number of rotatable bonds is 9. The Hall–Kier alpha value is -3.70. The summed E-state index contributed by atoms with van der Waals surface area (Å²) in [4.78, 5) is 32.4. The van der Waals surface area contributed by atoms with E-state index in [9.17, 15) is 4.79 Å². The zero-order chi connectivity index (χ0) is 25.9. The second kappa shape index (κ2) is 10.7. The van der Waals surface area contributed by atoms with Crippen LogP contribution in [0.2, 0.25) is 0 Å². The minimum absolute atomic E-state index is 0.329. The van der Waals surface area contributed by atoms with E-state index in [1.54, 1.807) is 19.2 Å². The molecule has 3 aromatic heterocycles. The van der Waals surface area contributed by atoms with Gasteiger partial charge in [-0.2, -0.15) is 4.98 Å². The number of carbonyl (C=O) groups excluding carboxylic acids is 1. The molecule has 190 valence electrons. The summed E-state index contributed by atoms with van der Waals surface area (Å²) >= 11 is 3.43. The summed E-state index contributed by atoms with van der Waals surface area (Å²) in [6.45, 7) is 3.04. The number of aryl methyl sites for hydroxylation is 1. The maximum atomic E-state index is 12.8. The van der Waals surface area contributed by atoms with Crippen LogP contribution in [-0.4, -0.2) is 63.1 Å². The van der Waals surface area contributed by atoms with Gasteiger partial charge < -0.3 is 19.5 Å². The van der Waals surface area contributed by atoms with Crippen molar-refractivity contribution in [2.75, 3.05) is 32.6 Å². The van der Waals surface area contributed by atoms with Crippen molar-refractivity contribution in [2.45, 2.75) is 25.7 Å². The van der Waals surface area contributed by atoms with E-state index in [0.717, 1.165) is 36.1 Å². The number of halogens is 1. The third-order valence-corrected chi connectivity index (χ3v) is 6.46. The lowest BCUT2D eigenvalue weighted by atomic mass is 9.99. The summed E-state index contributed by atoms with van der Waals surface area (Å²) in [6.07, 6.45) is 6.88. The Morgan fingerprint density at radius 3 is 2.59 bits per heavy atom. The van der Waals surface area contributed by atoms with Gasteiger partial charge in [0.1, 0.15) is 18.2 Å². The minimum Gasteiger partial charge on any atom is -0.491 e. The third-order valence-electron chi connectivity index (χ3n) is 5.87. The molecule has 3 heterocycles. The maximum absolute atomic E-state index is 12.8. The highest BCUT2D eigenvalue weighted by Crippen LogP contribution is 2.45. The quantitative estimate of drug-likeness (QED) is 0.308. The monoisotopic (exact) mass is 563 g/mol. The lowest BCUT2D eigenvalue weighted by Crippen LogP contribution is -2.19. The van der Waals surface area contributed by atoms with Crippen molar-refractivity contribution < 1.29 is 14.1 Å². The van der Waals surface area contributed by atoms with E-state index in [4.69, 9.17) is 9.26 Å². The number of carbonyl (C=O) groups is 1. The van der Waals surface area contributed by atoms with E-state index in [-0.39, 0.29) is 5.91 Å². The number of aromatic nitrogens is 5. The van der Waals surface area contributed by atoms with E-state index in [0.29, 0.717) is 51.7 Å². The molecule has 0 atom stereocenters. The zero-order valence-corrected chi connectivity index (χ0v) is 22.3. The summed E-state index contributed by atoms with van der Waals surface area (Å²) in [5.41, 5.74) is 3.31. The Labute approximate surface area is 222 Å². The molecule has 5 rings (SSSR count). The summed E-state index contributed by atoms with van der Waals surface area (Å²) in [7, 11) is 3.95. The molecular weight excluding hydrogens is 538 g/mol. The number of likely N-dealkylation sites (N-methyl/N-ethyl adjacent to an activating group) is 1. The number of benzene rings is 1. The van der Waals surface area contributed by atoms with E-state index >= 15 is 0 Å². The normalized spacial score (nSPS) is 13.1. The number of amides is 1. The van der Waals surface area contributed by atoms with Crippen molar-refractivity contribution in [3.8, 4) is 28.5 Å². The van der Waals surface area contributed by atoms with Crippen LogP contribution in [0.5, 0.6) is 5.75 Å². The molecule has 0 saturated heterocycles. The van der Waals surface area contributed by atoms with Crippen LogP contribution in [-0.2, 0) is 0 Å². The van der Waals surface area contributed by atoms with Crippen LogP contribution in [0.15, 0.2) is 51.9 Å². The van der Waals surface area contributed by atoms with Crippen LogP contribution in [0.25, 0.3) is 22.8 Å². The van der Waals surface area contributed by atoms with E-state index < -0.39 is 0 Å². The average molecular weight is 564 g/mol. The van der Waals surface area contributed by atoms with Crippen molar-refractivity contribution in [1.29, 1.82) is 0 Å². The van der Waals surface area contributed by atoms with Crippen molar-refractivity contribution in [1.82, 2.24) is 30.0 Å². The number of nitrogens with zero attached hydrogens (tertiary/aromatic N) is 6. The van der Waals surface area contributed by atoms with E-state index in [1.165, 1.54) is 12.4 Å². The van der Waals surface area contributed by atoms with Crippen LogP contribution in [0.3, 0.4) is 0 Å². The number of pyridine rings is 1. The first-order valence-corrected chi connectivity index (χ1v) is 12.7. The van der Waals surface area contributed by atoms with Crippen molar-refractivity contribution >= 4 is 27.7 Å². The van der Waals surface area contributed by atoms with Gasteiger partial charge in [-0.1, -0.05) is 17.3 Å². The fourth-order valence-corrected chi connectivity index (χ4v) is 4.10. The van der Waals surface area contributed by atoms with Gasteiger partial charge in [0, 0.05) is 49.3 Å². The fraction of sp³-hybridized carbons (Fsp3) is 0.308. The molecule has 1 aliphatic rings. The lowest BCUT2D eigenvalue weighted by molar-refractivity contribution is 0.102. The number of anilines is 1. The molecule has 4 aromatic rings. The average Bonchev–Trinajstić information content (AvgIpc) is 3.65. The molecule has 0 radical (unpaired) electrons. The van der Waals surface area contributed by atoms with Gasteiger partial charge in [0.05, 0.1) is 10.0 Å². The second-order valence-corrected chi connectivity index (χ2v) is 9.97. The highest BCUT2D eigenvalue weighted by atomic mass is 79.9. The highest BCUT2D eigenvalue weighted by molar-refractivity contribution is 9.10. The minimum atomic E-state index is -0.356. The molecule has 1 aliphatic carbocycles. The molecular formula is C26H26BrN7O3. The van der Waals surface area contributed by atoms with Crippen LogP contribution in [0.4, 0.5) is 5.82 Å². The Balaban J connectivity index is 1.31. The van der Waals surface area contributed by atoms with Gasteiger partial charge >= 0.3 is 0 Å². The van der Waals surface area contributed by atoms with Gasteiger partial charge in [-0.15, -0.1) is 0 Å². The highest BCUT2D eigenvalue weighted by Gasteiger charge is 2.28. The third kappa shape index (κ3) is 6.00. The molecule has 1 N–H and O–H groups in total. The summed E-state index contributed by atoms with van der Waals surface area (Å²) in [5.74, 6) is 2.72. The summed E-state index contributed by atoms with van der Waals surface area (Å²) in [5, 5.41) is 6.81. The van der Waals surface area contributed by atoms with Crippen LogP contribution >= 0.6 is 15.9 Å². The zero-order valence-electron chi connectivity index (χ0n) is 20.7. The number of hydrogen-bond acceptors (Lipinski definition) is 9. The Kier molecular flexibility index (Phi) is 7.24. The first kappa shape index (κ1) is 25.0. The van der Waals surface area contributed by atoms with Crippen molar-refractivity contribution in [3.05, 3.63) is 64.3 Å². The van der Waals surface area contributed by atoms with E-state index in [1.807, 2.05) is 31.1 Å². The Morgan fingerprint density at radius 1 is 1.14 bits per heavy atom. The largest absolute Gasteiger partial charge is 0.491 e. The van der Waals surface area contributed by atoms with Gasteiger partial charge in [0.2, 0.25) is 11.7 Å². The smallest absolute Gasteiger partial charge is 0.259 e. The molecule has 0 spiro atoms.